The van der Waals surface area contributed by atoms with Crippen molar-refractivity contribution < 1.29 is 0 Å². The number of rotatable bonds is 6. The Labute approximate surface area is 147 Å². The number of hydrogen-bond donors (Lipinski definition) is 2. The standard InChI is InChI=1S/C20H36N4/c1-21-20(22-14-19(15-6-7-15)16-8-9-16)23-17-10-12-24(13-11-17)18-4-2-3-5-18/h15-19H,2-14H2,1H3,(H2,21,22,23). The van der Waals surface area contributed by atoms with Gasteiger partial charge in [0, 0.05) is 38.8 Å². The second-order valence-electron chi connectivity index (χ2n) is 8.68. The van der Waals surface area contributed by atoms with Gasteiger partial charge >= 0.3 is 0 Å². The molecule has 0 aromatic rings. The number of piperidine rings is 1. The van der Waals surface area contributed by atoms with Crippen LogP contribution in [0.3, 0.4) is 0 Å². The maximum atomic E-state index is 4.49. The van der Waals surface area contributed by atoms with Crippen molar-refractivity contribution >= 4 is 5.96 Å². The molecule has 0 aromatic carbocycles. The zero-order chi connectivity index (χ0) is 16.4. The van der Waals surface area contributed by atoms with E-state index >= 15 is 0 Å². The van der Waals surface area contributed by atoms with Crippen LogP contribution in [-0.2, 0) is 0 Å². The van der Waals surface area contributed by atoms with Crippen molar-refractivity contribution in [1.82, 2.24) is 15.5 Å². The van der Waals surface area contributed by atoms with Gasteiger partial charge in [-0.2, -0.15) is 0 Å². The van der Waals surface area contributed by atoms with Crippen LogP contribution >= 0.6 is 0 Å². The van der Waals surface area contributed by atoms with E-state index < -0.39 is 0 Å². The van der Waals surface area contributed by atoms with Gasteiger partial charge in [0.15, 0.2) is 5.96 Å². The highest BCUT2D eigenvalue weighted by Crippen LogP contribution is 2.48. The summed E-state index contributed by atoms with van der Waals surface area (Å²) in [5.41, 5.74) is 0. The Morgan fingerprint density at radius 1 is 0.958 bits per heavy atom. The number of aliphatic imine (C=N–C) groups is 1. The summed E-state index contributed by atoms with van der Waals surface area (Å²) >= 11 is 0. The molecule has 4 fully saturated rings. The predicted molar refractivity (Wildman–Crippen MR) is 100 cm³/mol. The Morgan fingerprint density at radius 2 is 1.58 bits per heavy atom. The van der Waals surface area contributed by atoms with Gasteiger partial charge in [0.25, 0.3) is 0 Å². The van der Waals surface area contributed by atoms with Crippen LogP contribution in [0.4, 0.5) is 0 Å². The molecule has 4 aliphatic rings. The second kappa shape index (κ2) is 7.63. The molecule has 0 amide bonds. The predicted octanol–water partition coefficient (Wildman–Crippen LogP) is 2.99. The summed E-state index contributed by atoms with van der Waals surface area (Å²) < 4.78 is 0. The van der Waals surface area contributed by atoms with Crippen molar-refractivity contribution in [3.8, 4) is 0 Å². The Morgan fingerprint density at radius 3 is 2.12 bits per heavy atom. The van der Waals surface area contributed by atoms with Crippen LogP contribution in [0.5, 0.6) is 0 Å². The highest BCUT2D eigenvalue weighted by molar-refractivity contribution is 5.80. The number of nitrogens with one attached hydrogen (secondary N) is 2. The molecule has 136 valence electrons. The lowest BCUT2D eigenvalue weighted by atomic mass is 9.98. The highest BCUT2D eigenvalue weighted by atomic mass is 15.2. The van der Waals surface area contributed by atoms with Crippen LogP contribution < -0.4 is 10.6 Å². The molecule has 4 rings (SSSR count). The molecule has 1 heterocycles. The Kier molecular flexibility index (Phi) is 5.31. The molecule has 0 unspecified atom stereocenters. The van der Waals surface area contributed by atoms with Gasteiger partial charge < -0.3 is 15.5 Å². The number of likely N-dealkylation sites (tertiary alicyclic amines) is 1. The largest absolute Gasteiger partial charge is 0.356 e. The third-order valence-corrected chi connectivity index (χ3v) is 6.90. The van der Waals surface area contributed by atoms with Crippen molar-refractivity contribution in [2.24, 2.45) is 22.7 Å². The van der Waals surface area contributed by atoms with Gasteiger partial charge in [-0.05, 0) is 69.1 Å². The van der Waals surface area contributed by atoms with E-state index in [1.807, 2.05) is 7.05 Å². The first-order chi connectivity index (χ1) is 11.8. The minimum absolute atomic E-state index is 0.606. The molecular formula is C20H36N4. The van der Waals surface area contributed by atoms with Crippen molar-refractivity contribution in [1.29, 1.82) is 0 Å². The molecule has 0 aromatic heterocycles. The average Bonchev–Trinajstić information content (AvgIpc) is 3.55. The Bertz CT molecular complexity index is 415. The highest BCUT2D eigenvalue weighted by Gasteiger charge is 2.41. The summed E-state index contributed by atoms with van der Waals surface area (Å²) in [6.07, 6.45) is 14.2. The summed E-state index contributed by atoms with van der Waals surface area (Å²) in [6.45, 7) is 3.67. The van der Waals surface area contributed by atoms with Gasteiger partial charge in [-0.1, -0.05) is 12.8 Å². The van der Waals surface area contributed by atoms with Gasteiger partial charge in [0.2, 0.25) is 0 Å². The summed E-state index contributed by atoms with van der Waals surface area (Å²) in [7, 11) is 1.92. The van der Waals surface area contributed by atoms with Crippen molar-refractivity contribution in [2.75, 3.05) is 26.7 Å². The quantitative estimate of drug-likeness (QED) is 0.580. The zero-order valence-electron chi connectivity index (χ0n) is 15.5. The summed E-state index contributed by atoms with van der Waals surface area (Å²) in [6, 6.07) is 1.50. The van der Waals surface area contributed by atoms with Gasteiger partial charge in [-0.3, -0.25) is 4.99 Å². The van der Waals surface area contributed by atoms with Crippen LogP contribution in [0.15, 0.2) is 4.99 Å². The lowest BCUT2D eigenvalue weighted by Crippen LogP contribution is -2.51. The first-order valence-corrected chi connectivity index (χ1v) is 10.5. The second-order valence-corrected chi connectivity index (χ2v) is 8.68. The van der Waals surface area contributed by atoms with E-state index in [0.717, 1.165) is 36.3 Å². The molecule has 1 saturated heterocycles. The van der Waals surface area contributed by atoms with Gasteiger partial charge in [-0.15, -0.1) is 0 Å². The van der Waals surface area contributed by atoms with E-state index in [1.54, 1.807) is 0 Å². The van der Waals surface area contributed by atoms with Crippen LogP contribution in [0, 0.1) is 17.8 Å². The molecule has 0 atom stereocenters. The van der Waals surface area contributed by atoms with Crippen molar-refractivity contribution in [3.05, 3.63) is 0 Å². The summed E-state index contributed by atoms with van der Waals surface area (Å²) in [4.78, 5) is 7.24. The Balaban J connectivity index is 1.19. The normalized spacial score (nSPS) is 27.8. The fourth-order valence-electron chi connectivity index (χ4n) is 5.05. The molecule has 1 aliphatic heterocycles. The molecule has 4 nitrogen and oxygen atoms in total. The van der Waals surface area contributed by atoms with E-state index in [0.29, 0.717) is 6.04 Å². The van der Waals surface area contributed by atoms with Crippen molar-refractivity contribution in [3.63, 3.8) is 0 Å². The zero-order valence-corrected chi connectivity index (χ0v) is 15.5. The monoisotopic (exact) mass is 332 g/mol. The Hall–Kier alpha value is -0.770. The topological polar surface area (TPSA) is 39.7 Å². The first kappa shape index (κ1) is 16.7. The van der Waals surface area contributed by atoms with Crippen LogP contribution in [0.1, 0.15) is 64.2 Å². The molecule has 0 bridgehead atoms. The van der Waals surface area contributed by atoms with Gasteiger partial charge in [-0.25, -0.2) is 0 Å². The SMILES string of the molecule is CN=C(NCC(C1CC1)C1CC1)NC1CCN(C2CCCC2)CC1. The fourth-order valence-corrected chi connectivity index (χ4v) is 5.05. The van der Waals surface area contributed by atoms with E-state index in [4.69, 9.17) is 0 Å². The van der Waals surface area contributed by atoms with Gasteiger partial charge in [0.1, 0.15) is 0 Å². The van der Waals surface area contributed by atoms with Crippen LogP contribution in [0.2, 0.25) is 0 Å². The van der Waals surface area contributed by atoms with E-state index in [-0.39, 0.29) is 0 Å². The average molecular weight is 333 g/mol. The van der Waals surface area contributed by atoms with E-state index in [1.165, 1.54) is 77.3 Å². The van der Waals surface area contributed by atoms with Gasteiger partial charge in [0.05, 0.1) is 0 Å². The molecule has 3 saturated carbocycles. The lowest BCUT2D eigenvalue weighted by Gasteiger charge is -2.36. The molecule has 0 spiro atoms. The first-order valence-electron chi connectivity index (χ1n) is 10.5. The van der Waals surface area contributed by atoms with E-state index in [9.17, 15) is 0 Å². The van der Waals surface area contributed by atoms with E-state index in [2.05, 4.69) is 20.5 Å². The number of hydrogen-bond acceptors (Lipinski definition) is 2. The molecule has 2 N–H and O–H groups in total. The minimum atomic E-state index is 0.606. The smallest absolute Gasteiger partial charge is 0.191 e. The molecule has 24 heavy (non-hydrogen) atoms. The summed E-state index contributed by atoms with van der Waals surface area (Å²) in [5.74, 6) is 3.98. The maximum Gasteiger partial charge on any atom is 0.191 e. The maximum absolute atomic E-state index is 4.49. The number of guanidine groups is 1. The lowest BCUT2D eigenvalue weighted by molar-refractivity contribution is 0.150. The summed E-state index contributed by atoms with van der Waals surface area (Å²) in [5, 5.41) is 7.35. The molecule has 3 aliphatic carbocycles. The van der Waals surface area contributed by atoms with Crippen molar-refractivity contribution in [2.45, 2.75) is 76.3 Å². The third-order valence-electron chi connectivity index (χ3n) is 6.90. The molecule has 0 radical (unpaired) electrons. The minimum Gasteiger partial charge on any atom is -0.356 e. The third kappa shape index (κ3) is 4.25. The number of nitrogens with zero attached hydrogens (tertiary/aromatic N) is 2. The van der Waals surface area contributed by atoms with Crippen LogP contribution in [0.25, 0.3) is 0 Å². The molecular weight excluding hydrogens is 296 g/mol. The fraction of sp³-hybridized carbons (Fsp3) is 0.950. The molecule has 4 heteroatoms. The van der Waals surface area contributed by atoms with Crippen LogP contribution in [-0.4, -0.2) is 49.6 Å².